The Morgan fingerprint density at radius 1 is 1.15 bits per heavy atom. The maximum Gasteiger partial charge on any atom is 0.176 e. The minimum absolute atomic E-state index is 0.708. The highest BCUT2D eigenvalue weighted by Gasteiger charge is 2.06. The number of hydrogen-bond donors (Lipinski definition) is 1. The summed E-state index contributed by atoms with van der Waals surface area (Å²) in [6.45, 7) is 2.79. The van der Waals surface area contributed by atoms with Gasteiger partial charge in [0, 0.05) is 37.5 Å². The third-order valence-electron chi connectivity index (χ3n) is 3.12. The van der Waals surface area contributed by atoms with Gasteiger partial charge in [0.1, 0.15) is 0 Å². The van der Waals surface area contributed by atoms with Crippen molar-refractivity contribution in [2.24, 2.45) is 0 Å². The first kappa shape index (κ1) is 12.3. The van der Waals surface area contributed by atoms with E-state index in [-0.39, 0.29) is 0 Å². The van der Waals surface area contributed by atoms with Crippen molar-refractivity contribution in [3.8, 4) is 5.82 Å². The van der Waals surface area contributed by atoms with Crippen molar-refractivity contribution in [1.82, 2.24) is 19.7 Å². The number of anilines is 1. The molecule has 0 aliphatic heterocycles. The van der Waals surface area contributed by atoms with E-state index in [9.17, 15) is 0 Å². The number of rotatable bonds is 4. The Balaban J connectivity index is 1.84. The van der Waals surface area contributed by atoms with Gasteiger partial charge in [-0.15, -0.1) is 0 Å². The fourth-order valence-electron chi connectivity index (χ4n) is 1.98. The van der Waals surface area contributed by atoms with Crippen LogP contribution in [-0.4, -0.2) is 19.7 Å². The molecule has 20 heavy (non-hydrogen) atoms. The van der Waals surface area contributed by atoms with Gasteiger partial charge in [-0.3, -0.25) is 4.98 Å². The van der Waals surface area contributed by atoms with E-state index in [0.29, 0.717) is 6.54 Å². The van der Waals surface area contributed by atoms with Gasteiger partial charge in [0.25, 0.3) is 0 Å². The van der Waals surface area contributed by atoms with Crippen LogP contribution in [0.1, 0.15) is 11.1 Å². The van der Waals surface area contributed by atoms with Crippen LogP contribution in [0.2, 0.25) is 0 Å². The van der Waals surface area contributed by atoms with Crippen molar-refractivity contribution in [1.29, 1.82) is 0 Å². The van der Waals surface area contributed by atoms with Crippen molar-refractivity contribution in [2.75, 3.05) is 5.32 Å². The van der Waals surface area contributed by atoms with Crippen molar-refractivity contribution in [3.63, 3.8) is 0 Å². The summed E-state index contributed by atoms with van der Waals surface area (Å²) in [6.07, 6.45) is 9.06. The molecule has 0 radical (unpaired) electrons. The third-order valence-corrected chi connectivity index (χ3v) is 3.12. The zero-order valence-corrected chi connectivity index (χ0v) is 11.2. The second-order valence-electron chi connectivity index (χ2n) is 4.48. The largest absolute Gasteiger partial charge is 0.378 e. The third kappa shape index (κ3) is 2.51. The van der Waals surface area contributed by atoms with Gasteiger partial charge in [0.2, 0.25) is 0 Å². The van der Waals surface area contributed by atoms with E-state index in [4.69, 9.17) is 0 Å². The second kappa shape index (κ2) is 5.52. The second-order valence-corrected chi connectivity index (χ2v) is 4.48. The van der Waals surface area contributed by atoms with E-state index in [1.54, 1.807) is 23.3 Å². The molecule has 0 aliphatic carbocycles. The Morgan fingerprint density at radius 2 is 2.10 bits per heavy atom. The van der Waals surface area contributed by atoms with Crippen molar-refractivity contribution < 1.29 is 0 Å². The lowest BCUT2D eigenvalue weighted by atomic mass is 10.1. The van der Waals surface area contributed by atoms with Gasteiger partial charge in [0.15, 0.2) is 5.82 Å². The molecular weight excluding hydrogens is 250 g/mol. The predicted molar refractivity (Wildman–Crippen MR) is 77.7 cm³/mol. The maximum atomic E-state index is 4.38. The summed E-state index contributed by atoms with van der Waals surface area (Å²) in [5, 5.41) is 7.62. The zero-order valence-electron chi connectivity index (χ0n) is 11.2. The smallest absolute Gasteiger partial charge is 0.176 e. The van der Waals surface area contributed by atoms with E-state index < -0.39 is 0 Å². The van der Waals surface area contributed by atoms with E-state index in [2.05, 4.69) is 27.3 Å². The standard InChI is InChI=1S/C15H15N5/c1-12-5-8-16-10-13(12)11-18-14-4-2-6-17-15(14)20-9-3-7-19-20/h2-10,18H,11H2,1H3. The van der Waals surface area contributed by atoms with Crippen LogP contribution >= 0.6 is 0 Å². The Kier molecular flexibility index (Phi) is 3.41. The van der Waals surface area contributed by atoms with Gasteiger partial charge >= 0.3 is 0 Å². The summed E-state index contributed by atoms with van der Waals surface area (Å²) < 4.78 is 1.75. The highest BCUT2D eigenvalue weighted by molar-refractivity contribution is 5.56. The molecule has 0 atom stereocenters. The molecule has 0 spiro atoms. The molecule has 5 nitrogen and oxygen atoms in total. The lowest BCUT2D eigenvalue weighted by Crippen LogP contribution is -2.07. The van der Waals surface area contributed by atoms with Gasteiger partial charge in [-0.1, -0.05) is 0 Å². The first-order valence-electron chi connectivity index (χ1n) is 6.43. The topological polar surface area (TPSA) is 55.6 Å². The molecule has 0 bridgehead atoms. The molecule has 0 unspecified atom stereocenters. The Bertz CT molecular complexity index is 691. The van der Waals surface area contributed by atoms with E-state index in [0.717, 1.165) is 11.5 Å². The monoisotopic (exact) mass is 265 g/mol. The van der Waals surface area contributed by atoms with Crippen molar-refractivity contribution in [2.45, 2.75) is 13.5 Å². The first-order valence-corrected chi connectivity index (χ1v) is 6.43. The summed E-state index contributed by atoms with van der Waals surface area (Å²) >= 11 is 0. The summed E-state index contributed by atoms with van der Waals surface area (Å²) in [4.78, 5) is 8.54. The van der Waals surface area contributed by atoms with Gasteiger partial charge in [-0.05, 0) is 42.3 Å². The maximum absolute atomic E-state index is 4.38. The highest BCUT2D eigenvalue weighted by Crippen LogP contribution is 2.17. The van der Waals surface area contributed by atoms with Crippen molar-refractivity contribution in [3.05, 3.63) is 66.4 Å². The van der Waals surface area contributed by atoms with Gasteiger partial charge < -0.3 is 5.32 Å². The number of pyridine rings is 2. The SMILES string of the molecule is Cc1ccncc1CNc1cccnc1-n1cccn1. The molecule has 3 heterocycles. The number of hydrogen-bond acceptors (Lipinski definition) is 4. The summed E-state index contributed by atoms with van der Waals surface area (Å²) in [5.41, 5.74) is 3.33. The summed E-state index contributed by atoms with van der Waals surface area (Å²) in [5.74, 6) is 0.791. The van der Waals surface area contributed by atoms with Gasteiger partial charge in [-0.25, -0.2) is 9.67 Å². The van der Waals surface area contributed by atoms with Crippen LogP contribution in [-0.2, 0) is 6.54 Å². The van der Waals surface area contributed by atoms with Crippen LogP contribution in [0.3, 0.4) is 0 Å². The zero-order chi connectivity index (χ0) is 13.8. The van der Waals surface area contributed by atoms with Gasteiger partial charge in [-0.2, -0.15) is 5.10 Å². The molecule has 0 aliphatic rings. The average Bonchev–Trinajstić information content (AvgIpc) is 3.01. The van der Waals surface area contributed by atoms with Gasteiger partial charge in [0.05, 0.1) is 5.69 Å². The molecule has 3 rings (SSSR count). The van der Waals surface area contributed by atoms with E-state index in [1.807, 2.05) is 36.7 Å². The number of aromatic nitrogens is 4. The molecule has 1 N–H and O–H groups in total. The molecular formula is C15H15N5. The normalized spacial score (nSPS) is 10.4. The highest BCUT2D eigenvalue weighted by atomic mass is 15.3. The van der Waals surface area contributed by atoms with Crippen LogP contribution in [0.4, 0.5) is 5.69 Å². The molecule has 3 aromatic rings. The molecule has 0 saturated heterocycles. The number of nitrogens with zero attached hydrogens (tertiary/aromatic N) is 4. The van der Waals surface area contributed by atoms with Crippen LogP contribution in [0.15, 0.2) is 55.2 Å². The fraction of sp³-hybridized carbons (Fsp3) is 0.133. The Labute approximate surface area is 117 Å². The lowest BCUT2D eigenvalue weighted by molar-refractivity contribution is 0.846. The van der Waals surface area contributed by atoms with Crippen LogP contribution in [0.25, 0.3) is 5.82 Å². The molecule has 0 fully saturated rings. The molecule has 5 heteroatoms. The van der Waals surface area contributed by atoms with Crippen molar-refractivity contribution >= 4 is 5.69 Å². The molecule has 3 aromatic heterocycles. The average molecular weight is 265 g/mol. The van der Waals surface area contributed by atoms with E-state index in [1.165, 1.54) is 11.1 Å². The van der Waals surface area contributed by atoms with Crippen LogP contribution in [0, 0.1) is 6.92 Å². The molecule has 0 saturated carbocycles. The fourth-order valence-corrected chi connectivity index (χ4v) is 1.98. The lowest BCUT2D eigenvalue weighted by Gasteiger charge is -2.11. The summed E-state index contributed by atoms with van der Waals surface area (Å²) in [6, 6.07) is 7.79. The minimum atomic E-state index is 0.708. The quantitative estimate of drug-likeness (QED) is 0.787. The number of nitrogens with one attached hydrogen (secondary N) is 1. The molecule has 100 valence electrons. The Hall–Kier alpha value is -2.69. The van der Waals surface area contributed by atoms with Crippen LogP contribution < -0.4 is 5.32 Å². The first-order chi connectivity index (χ1) is 9.84. The predicted octanol–water partition coefficient (Wildman–Crippen LogP) is 2.58. The summed E-state index contributed by atoms with van der Waals surface area (Å²) in [7, 11) is 0. The molecule has 0 aromatic carbocycles. The van der Waals surface area contributed by atoms with Crippen LogP contribution in [0.5, 0.6) is 0 Å². The Morgan fingerprint density at radius 3 is 2.90 bits per heavy atom. The number of aryl methyl sites for hydroxylation is 1. The minimum Gasteiger partial charge on any atom is -0.378 e. The molecule has 0 amide bonds. The van der Waals surface area contributed by atoms with E-state index >= 15 is 0 Å².